The smallest absolute Gasteiger partial charge is 0.312 e. The molecule has 1 atom stereocenters. The molecule has 1 unspecified atom stereocenters. The van der Waals surface area contributed by atoms with Crippen molar-refractivity contribution in [3.63, 3.8) is 0 Å². The third-order valence-electron chi connectivity index (χ3n) is 1.25. The lowest BCUT2D eigenvalue weighted by molar-refractivity contribution is -0.168. The zero-order chi connectivity index (χ0) is 5.28. The summed E-state index contributed by atoms with van der Waals surface area (Å²) in [5.74, 6) is 0.197. The Morgan fingerprint density at radius 3 is 2.71 bits per heavy atom. The average Bonchev–Trinajstić information content (AvgIpc) is 1.65. The van der Waals surface area contributed by atoms with E-state index in [0.717, 1.165) is 6.42 Å². The molecular weight excluding hydrogens is 92.1 g/mol. The van der Waals surface area contributed by atoms with E-state index in [-0.39, 0.29) is 11.9 Å². The number of carbonyl (C=O) groups excluding carboxylic acids is 1. The molecule has 0 aromatic rings. The van der Waals surface area contributed by atoms with E-state index in [1.807, 2.05) is 6.92 Å². The second kappa shape index (κ2) is 1.52. The SMILES string of the molecule is CCC1COC1=O. The zero-order valence-electron chi connectivity index (χ0n) is 4.31. The lowest BCUT2D eigenvalue weighted by Crippen LogP contribution is -2.33. The second-order valence-corrected chi connectivity index (χ2v) is 1.74. The molecule has 1 aliphatic heterocycles. The van der Waals surface area contributed by atoms with Crippen LogP contribution in [0.2, 0.25) is 0 Å². The number of rotatable bonds is 1. The molecule has 0 N–H and O–H groups in total. The quantitative estimate of drug-likeness (QED) is 0.450. The third-order valence-corrected chi connectivity index (χ3v) is 1.25. The molecular formula is C5H8O2. The van der Waals surface area contributed by atoms with E-state index in [4.69, 9.17) is 0 Å². The van der Waals surface area contributed by atoms with Gasteiger partial charge in [-0.1, -0.05) is 6.92 Å². The van der Waals surface area contributed by atoms with E-state index in [0.29, 0.717) is 6.61 Å². The highest BCUT2D eigenvalue weighted by molar-refractivity contribution is 5.76. The first kappa shape index (κ1) is 4.62. The number of cyclic esters (lactones) is 1. The molecule has 0 spiro atoms. The van der Waals surface area contributed by atoms with E-state index in [1.165, 1.54) is 0 Å². The van der Waals surface area contributed by atoms with Crippen LogP contribution in [0.1, 0.15) is 13.3 Å². The van der Waals surface area contributed by atoms with Crippen LogP contribution in [0.25, 0.3) is 0 Å². The number of ether oxygens (including phenoxy) is 1. The minimum atomic E-state index is -0.0255. The molecule has 0 amide bonds. The van der Waals surface area contributed by atoms with E-state index in [9.17, 15) is 4.79 Å². The molecule has 0 aromatic heterocycles. The minimum Gasteiger partial charge on any atom is -0.464 e. The van der Waals surface area contributed by atoms with Crippen LogP contribution in [-0.2, 0) is 9.53 Å². The monoisotopic (exact) mass is 100 g/mol. The predicted octanol–water partition coefficient (Wildman–Crippen LogP) is 0.569. The Labute approximate surface area is 42.5 Å². The summed E-state index contributed by atoms with van der Waals surface area (Å²) >= 11 is 0. The van der Waals surface area contributed by atoms with Crippen molar-refractivity contribution in [1.29, 1.82) is 0 Å². The Balaban J connectivity index is 2.29. The van der Waals surface area contributed by atoms with Crippen LogP contribution >= 0.6 is 0 Å². The minimum absolute atomic E-state index is 0.0255. The highest BCUT2D eigenvalue weighted by Crippen LogP contribution is 2.14. The second-order valence-electron chi connectivity index (χ2n) is 1.74. The fourth-order valence-corrected chi connectivity index (χ4v) is 0.554. The van der Waals surface area contributed by atoms with Crippen molar-refractivity contribution < 1.29 is 9.53 Å². The van der Waals surface area contributed by atoms with Crippen LogP contribution in [0, 0.1) is 5.92 Å². The van der Waals surface area contributed by atoms with Gasteiger partial charge in [0.2, 0.25) is 0 Å². The van der Waals surface area contributed by atoms with Gasteiger partial charge in [0, 0.05) is 0 Å². The maximum Gasteiger partial charge on any atom is 0.312 e. The third kappa shape index (κ3) is 0.601. The van der Waals surface area contributed by atoms with Crippen molar-refractivity contribution in [2.45, 2.75) is 13.3 Å². The van der Waals surface area contributed by atoms with Gasteiger partial charge in [-0.05, 0) is 6.42 Å². The molecule has 2 nitrogen and oxygen atoms in total. The molecule has 0 bridgehead atoms. The van der Waals surface area contributed by atoms with E-state index < -0.39 is 0 Å². The van der Waals surface area contributed by atoms with Gasteiger partial charge < -0.3 is 4.74 Å². The molecule has 1 fully saturated rings. The van der Waals surface area contributed by atoms with E-state index in [2.05, 4.69) is 4.74 Å². The average molecular weight is 100 g/mol. The van der Waals surface area contributed by atoms with Gasteiger partial charge in [0.05, 0.1) is 5.92 Å². The van der Waals surface area contributed by atoms with Gasteiger partial charge in [-0.25, -0.2) is 0 Å². The Bertz CT molecular complexity index is 86.1. The van der Waals surface area contributed by atoms with Crippen molar-refractivity contribution in [3.05, 3.63) is 0 Å². The van der Waals surface area contributed by atoms with Gasteiger partial charge >= 0.3 is 5.97 Å². The predicted molar refractivity (Wildman–Crippen MR) is 24.7 cm³/mol. The Morgan fingerprint density at radius 2 is 2.71 bits per heavy atom. The Morgan fingerprint density at radius 1 is 2.00 bits per heavy atom. The molecule has 7 heavy (non-hydrogen) atoms. The molecule has 1 rings (SSSR count). The summed E-state index contributed by atoms with van der Waals surface area (Å²) in [7, 11) is 0. The van der Waals surface area contributed by atoms with Gasteiger partial charge in [-0.15, -0.1) is 0 Å². The molecule has 0 aliphatic carbocycles. The van der Waals surface area contributed by atoms with Gasteiger partial charge in [-0.3, -0.25) is 4.79 Å². The first-order valence-corrected chi connectivity index (χ1v) is 2.51. The summed E-state index contributed by atoms with van der Waals surface area (Å²) < 4.78 is 4.50. The van der Waals surface area contributed by atoms with Crippen LogP contribution < -0.4 is 0 Å². The maximum atomic E-state index is 10.2. The van der Waals surface area contributed by atoms with Gasteiger partial charge in [0.15, 0.2) is 0 Å². The van der Waals surface area contributed by atoms with E-state index >= 15 is 0 Å². The summed E-state index contributed by atoms with van der Waals surface area (Å²) in [6, 6.07) is 0. The topological polar surface area (TPSA) is 26.3 Å². The number of hydrogen-bond donors (Lipinski definition) is 0. The van der Waals surface area contributed by atoms with Crippen molar-refractivity contribution >= 4 is 5.97 Å². The molecule has 1 aliphatic rings. The Hall–Kier alpha value is -0.530. The first-order chi connectivity index (χ1) is 3.34. The highest BCUT2D eigenvalue weighted by Gasteiger charge is 2.27. The van der Waals surface area contributed by atoms with Crippen molar-refractivity contribution in [1.82, 2.24) is 0 Å². The van der Waals surface area contributed by atoms with Crippen molar-refractivity contribution in [3.8, 4) is 0 Å². The molecule has 0 saturated carbocycles. The summed E-state index contributed by atoms with van der Waals surface area (Å²) in [4.78, 5) is 10.2. The summed E-state index contributed by atoms with van der Waals surface area (Å²) in [5.41, 5.74) is 0. The normalized spacial score (nSPS) is 28.7. The number of hydrogen-bond acceptors (Lipinski definition) is 2. The molecule has 0 aromatic carbocycles. The standard InChI is InChI=1S/C5H8O2/c1-2-4-3-7-5(4)6/h4H,2-3H2,1H3. The molecule has 2 heteroatoms. The van der Waals surface area contributed by atoms with Crippen molar-refractivity contribution in [2.75, 3.05) is 6.61 Å². The van der Waals surface area contributed by atoms with Crippen LogP contribution in [0.5, 0.6) is 0 Å². The lowest BCUT2D eigenvalue weighted by Gasteiger charge is -2.22. The lowest BCUT2D eigenvalue weighted by atomic mass is 10.1. The van der Waals surface area contributed by atoms with Gasteiger partial charge in [-0.2, -0.15) is 0 Å². The van der Waals surface area contributed by atoms with Crippen molar-refractivity contribution in [2.24, 2.45) is 5.92 Å². The molecule has 40 valence electrons. The number of esters is 1. The zero-order valence-corrected chi connectivity index (χ0v) is 4.31. The maximum absolute atomic E-state index is 10.2. The van der Waals surface area contributed by atoms with Crippen LogP contribution in [0.15, 0.2) is 0 Å². The largest absolute Gasteiger partial charge is 0.464 e. The molecule has 0 radical (unpaired) electrons. The summed E-state index contributed by atoms with van der Waals surface area (Å²) in [5, 5.41) is 0. The summed E-state index contributed by atoms with van der Waals surface area (Å²) in [6.07, 6.45) is 0.929. The molecule has 1 saturated heterocycles. The van der Waals surface area contributed by atoms with Crippen LogP contribution in [-0.4, -0.2) is 12.6 Å². The molecule has 1 heterocycles. The van der Waals surface area contributed by atoms with E-state index in [1.54, 1.807) is 0 Å². The fraction of sp³-hybridized carbons (Fsp3) is 0.800. The van der Waals surface area contributed by atoms with Gasteiger partial charge in [0.25, 0.3) is 0 Å². The summed E-state index contributed by atoms with van der Waals surface area (Å²) in [6.45, 7) is 2.64. The fourth-order valence-electron chi connectivity index (χ4n) is 0.554. The van der Waals surface area contributed by atoms with Crippen LogP contribution in [0.3, 0.4) is 0 Å². The van der Waals surface area contributed by atoms with Gasteiger partial charge in [0.1, 0.15) is 6.61 Å². The highest BCUT2D eigenvalue weighted by atomic mass is 16.6. The van der Waals surface area contributed by atoms with Crippen LogP contribution in [0.4, 0.5) is 0 Å². The Kier molecular flexibility index (Phi) is 1.01. The first-order valence-electron chi connectivity index (χ1n) is 2.51. The number of carbonyl (C=O) groups is 1.